The van der Waals surface area contributed by atoms with Crippen LogP contribution in [-0.2, 0) is 19.1 Å². The standard InChI is InChI=1S/C48H87NO5/c1-3-5-7-9-11-13-15-17-19-20-22-24-26-28-30-35-39-43-48(53)54-45(41-37-33-31-34-38-42-46(50)49-44-47(51)52)40-36-32-29-27-25-23-21-18-16-14-12-10-8-6-4-2/h16-19,23,25,45H,3-15,20-22,24,26-44H2,1-2H3,(H,49,50)(H,51,52)/b18-16-,19-17-,25-23-. The highest BCUT2D eigenvalue weighted by Crippen LogP contribution is 2.18. The first-order chi connectivity index (χ1) is 26.5. The lowest BCUT2D eigenvalue weighted by molar-refractivity contribution is -0.150. The van der Waals surface area contributed by atoms with Crippen LogP contribution >= 0.6 is 0 Å². The minimum absolute atomic E-state index is 0.00166. The van der Waals surface area contributed by atoms with Gasteiger partial charge in [0.15, 0.2) is 0 Å². The number of carbonyl (C=O) groups is 3. The van der Waals surface area contributed by atoms with Gasteiger partial charge in [0, 0.05) is 12.8 Å². The Morgan fingerprint density at radius 1 is 0.481 bits per heavy atom. The zero-order valence-corrected chi connectivity index (χ0v) is 35.6. The van der Waals surface area contributed by atoms with Crippen LogP contribution in [-0.4, -0.2) is 35.6 Å². The maximum atomic E-state index is 12.8. The van der Waals surface area contributed by atoms with Crippen molar-refractivity contribution in [2.75, 3.05) is 6.54 Å². The topological polar surface area (TPSA) is 92.7 Å². The lowest BCUT2D eigenvalue weighted by atomic mass is 10.0. The Balaban J connectivity index is 4.21. The van der Waals surface area contributed by atoms with Crippen LogP contribution < -0.4 is 5.32 Å². The van der Waals surface area contributed by atoms with Gasteiger partial charge in [-0.05, 0) is 96.3 Å². The number of esters is 1. The number of carbonyl (C=O) groups excluding carboxylic acids is 2. The van der Waals surface area contributed by atoms with Crippen LogP contribution in [0.4, 0.5) is 0 Å². The molecule has 0 aromatic heterocycles. The van der Waals surface area contributed by atoms with E-state index in [0.717, 1.165) is 83.5 Å². The minimum atomic E-state index is -1.02. The number of carboxylic acid groups (broad SMARTS) is 1. The highest BCUT2D eigenvalue weighted by atomic mass is 16.5. The van der Waals surface area contributed by atoms with E-state index in [1.165, 1.54) is 128 Å². The predicted molar refractivity (Wildman–Crippen MR) is 231 cm³/mol. The average molecular weight is 758 g/mol. The molecule has 0 heterocycles. The van der Waals surface area contributed by atoms with Gasteiger partial charge in [0.05, 0.1) is 0 Å². The third-order valence-electron chi connectivity index (χ3n) is 10.3. The van der Waals surface area contributed by atoms with Crippen LogP contribution in [0.2, 0.25) is 0 Å². The van der Waals surface area contributed by atoms with Crippen LogP contribution in [0.5, 0.6) is 0 Å². The molecule has 6 heteroatoms. The van der Waals surface area contributed by atoms with Gasteiger partial charge in [-0.3, -0.25) is 14.4 Å². The Labute approximate surface area is 334 Å². The van der Waals surface area contributed by atoms with Crippen molar-refractivity contribution in [1.29, 1.82) is 0 Å². The molecule has 0 radical (unpaired) electrons. The molecule has 1 atom stereocenters. The summed E-state index contributed by atoms with van der Waals surface area (Å²) >= 11 is 0. The second-order valence-corrected chi connectivity index (χ2v) is 15.6. The van der Waals surface area contributed by atoms with Crippen LogP contribution in [0.1, 0.15) is 239 Å². The number of hydrogen-bond donors (Lipinski definition) is 2. The fourth-order valence-electron chi connectivity index (χ4n) is 6.83. The molecule has 314 valence electrons. The van der Waals surface area contributed by atoms with Crippen LogP contribution in [0.25, 0.3) is 0 Å². The lowest BCUT2D eigenvalue weighted by Crippen LogP contribution is -2.28. The molecule has 0 saturated heterocycles. The molecule has 1 unspecified atom stereocenters. The largest absolute Gasteiger partial charge is 0.480 e. The monoisotopic (exact) mass is 758 g/mol. The van der Waals surface area contributed by atoms with E-state index in [0.29, 0.717) is 12.8 Å². The fourth-order valence-corrected chi connectivity index (χ4v) is 6.83. The number of rotatable bonds is 42. The Morgan fingerprint density at radius 3 is 1.31 bits per heavy atom. The van der Waals surface area contributed by atoms with Crippen molar-refractivity contribution in [3.05, 3.63) is 36.5 Å². The van der Waals surface area contributed by atoms with Gasteiger partial charge in [-0.2, -0.15) is 0 Å². The number of hydrogen-bond acceptors (Lipinski definition) is 4. The summed E-state index contributed by atoms with van der Waals surface area (Å²) in [6.45, 7) is 4.22. The number of nitrogens with one attached hydrogen (secondary N) is 1. The third kappa shape index (κ3) is 42.4. The normalized spacial score (nSPS) is 12.3. The Kier molecular flexibility index (Phi) is 41.5. The van der Waals surface area contributed by atoms with E-state index >= 15 is 0 Å². The van der Waals surface area contributed by atoms with Gasteiger partial charge in [0.25, 0.3) is 0 Å². The molecule has 0 aromatic rings. The van der Waals surface area contributed by atoms with Crippen molar-refractivity contribution < 1.29 is 24.2 Å². The van der Waals surface area contributed by atoms with Gasteiger partial charge in [-0.1, -0.05) is 166 Å². The van der Waals surface area contributed by atoms with Crippen molar-refractivity contribution in [2.24, 2.45) is 0 Å². The predicted octanol–water partition coefficient (Wildman–Crippen LogP) is 14.5. The van der Waals surface area contributed by atoms with Gasteiger partial charge in [-0.15, -0.1) is 0 Å². The Morgan fingerprint density at radius 2 is 0.852 bits per heavy atom. The van der Waals surface area contributed by atoms with Crippen molar-refractivity contribution in [1.82, 2.24) is 5.32 Å². The van der Waals surface area contributed by atoms with Gasteiger partial charge < -0.3 is 15.2 Å². The maximum Gasteiger partial charge on any atom is 0.322 e. The number of allylic oxidation sites excluding steroid dienone is 6. The van der Waals surface area contributed by atoms with E-state index in [4.69, 9.17) is 9.84 Å². The summed E-state index contributed by atoms with van der Waals surface area (Å²) in [5.74, 6) is -1.25. The summed E-state index contributed by atoms with van der Waals surface area (Å²) in [6, 6.07) is 0. The molecule has 0 spiro atoms. The first kappa shape index (κ1) is 51.6. The van der Waals surface area contributed by atoms with E-state index in [2.05, 4.69) is 55.6 Å². The molecular formula is C48H87NO5. The van der Waals surface area contributed by atoms with Gasteiger partial charge >= 0.3 is 11.9 Å². The van der Waals surface area contributed by atoms with E-state index in [1.807, 2.05) is 0 Å². The van der Waals surface area contributed by atoms with Crippen molar-refractivity contribution >= 4 is 17.8 Å². The smallest absolute Gasteiger partial charge is 0.322 e. The van der Waals surface area contributed by atoms with Crippen molar-refractivity contribution in [2.45, 2.75) is 245 Å². The molecule has 6 nitrogen and oxygen atoms in total. The molecule has 1 amide bonds. The van der Waals surface area contributed by atoms with E-state index in [1.54, 1.807) is 0 Å². The fraction of sp³-hybridized carbons (Fsp3) is 0.812. The summed E-state index contributed by atoms with van der Waals surface area (Å²) in [6.07, 6.45) is 54.1. The highest BCUT2D eigenvalue weighted by Gasteiger charge is 2.14. The van der Waals surface area contributed by atoms with Crippen LogP contribution in [0.15, 0.2) is 36.5 Å². The Hall–Kier alpha value is -2.37. The summed E-state index contributed by atoms with van der Waals surface area (Å²) in [7, 11) is 0. The second-order valence-electron chi connectivity index (χ2n) is 15.6. The van der Waals surface area contributed by atoms with E-state index in [9.17, 15) is 14.4 Å². The molecule has 0 rings (SSSR count). The molecule has 0 aliphatic carbocycles. The minimum Gasteiger partial charge on any atom is -0.480 e. The first-order valence-electron chi connectivity index (χ1n) is 23.1. The zero-order chi connectivity index (χ0) is 39.4. The molecule has 0 aromatic carbocycles. The molecule has 0 fully saturated rings. The maximum absolute atomic E-state index is 12.8. The number of amides is 1. The van der Waals surface area contributed by atoms with Gasteiger partial charge in [0.1, 0.15) is 12.6 Å². The van der Waals surface area contributed by atoms with E-state index < -0.39 is 5.97 Å². The molecule has 0 bridgehead atoms. The summed E-state index contributed by atoms with van der Waals surface area (Å²) in [5, 5.41) is 11.1. The number of aliphatic carboxylic acids is 1. The second kappa shape index (κ2) is 43.4. The molecule has 2 N–H and O–H groups in total. The number of carboxylic acids is 1. The van der Waals surface area contributed by atoms with Gasteiger partial charge in [0.2, 0.25) is 5.91 Å². The average Bonchev–Trinajstić information content (AvgIpc) is 3.16. The van der Waals surface area contributed by atoms with Gasteiger partial charge in [-0.25, -0.2) is 0 Å². The summed E-state index contributed by atoms with van der Waals surface area (Å²) in [5.41, 5.74) is 0. The number of ether oxygens (including phenoxy) is 1. The summed E-state index contributed by atoms with van der Waals surface area (Å²) < 4.78 is 6.04. The highest BCUT2D eigenvalue weighted by molar-refractivity contribution is 5.80. The quantitative estimate of drug-likeness (QED) is 0.0367. The molecular weight excluding hydrogens is 671 g/mol. The molecule has 0 aliphatic rings. The van der Waals surface area contributed by atoms with Crippen LogP contribution in [0, 0.1) is 0 Å². The third-order valence-corrected chi connectivity index (χ3v) is 10.3. The first-order valence-corrected chi connectivity index (χ1v) is 23.1. The molecule has 0 aliphatic heterocycles. The van der Waals surface area contributed by atoms with E-state index in [-0.39, 0.29) is 24.5 Å². The van der Waals surface area contributed by atoms with Crippen LogP contribution in [0.3, 0.4) is 0 Å². The molecule has 0 saturated carbocycles. The lowest BCUT2D eigenvalue weighted by Gasteiger charge is -2.18. The SMILES string of the molecule is CCCCCCC/C=C\C/C=C\CCCCCC(CCCCCCCC(=O)NCC(=O)O)OC(=O)CCCCCCCCC/C=C\CCCCCCCC. The Bertz CT molecular complexity index is 926. The number of unbranched alkanes of at least 4 members (excludes halogenated alkanes) is 25. The van der Waals surface area contributed by atoms with Crippen molar-refractivity contribution in [3.63, 3.8) is 0 Å². The van der Waals surface area contributed by atoms with Crippen molar-refractivity contribution in [3.8, 4) is 0 Å². The molecule has 54 heavy (non-hydrogen) atoms. The summed E-state index contributed by atoms with van der Waals surface area (Å²) in [4.78, 5) is 35.1. The zero-order valence-electron chi connectivity index (χ0n) is 35.6.